The van der Waals surface area contributed by atoms with Gasteiger partial charge in [-0.25, -0.2) is 9.59 Å². The number of amides is 5. The number of hydrogen-bond donors (Lipinski definition) is 3. The van der Waals surface area contributed by atoms with E-state index in [0.717, 1.165) is 83.9 Å². The second-order valence-electron chi connectivity index (χ2n) is 22.1. The number of esters is 1. The van der Waals surface area contributed by atoms with E-state index >= 15 is 14.4 Å². The first kappa shape index (κ1) is 55.4. The maximum absolute atomic E-state index is 15.1. The lowest BCUT2D eigenvalue weighted by molar-refractivity contribution is -0.157. The zero-order valence-electron chi connectivity index (χ0n) is 45.6. The second-order valence-corrected chi connectivity index (χ2v) is 23.3. The van der Waals surface area contributed by atoms with Gasteiger partial charge in [-0.2, -0.15) is 0 Å². The van der Waals surface area contributed by atoms with Crippen molar-refractivity contribution in [1.29, 1.82) is 0 Å². The van der Waals surface area contributed by atoms with Gasteiger partial charge in [0.25, 0.3) is 0 Å². The van der Waals surface area contributed by atoms with E-state index in [9.17, 15) is 14.4 Å². The molecule has 0 unspecified atom stereocenters. The molecule has 13 nitrogen and oxygen atoms in total. The van der Waals surface area contributed by atoms with Gasteiger partial charge in [-0.15, -0.1) is 11.8 Å². The van der Waals surface area contributed by atoms with E-state index in [1.807, 2.05) is 92.7 Å². The summed E-state index contributed by atoms with van der Waals surface area (Å²) in [6.07, 6.45) is 8.63. The van der Waals surface area contributed by atoms with Gasteiger partial charge in [-0.05, 0) is 109 Å². The van der Waals surface area contributed by atoms with E-state index in [4.69, 9.17) is 9.47 Å². The molecule has 3 aliphatic carbocycles. The predicted molar refractivity (Wildman–Crippen MR) is 307 cm³/mol. The van der Waals surface area contributed by atoms with Gasteiger partial charge < -0.3 is 30.3 Å². The quantitative estimate of drug-likeness (QED) is 0.0479. The third-order valence-electron chi connectivity index (χ3n) is 17.1. The number of nitrogens with zero attached hydrogens (tertiary/aromatic N) is 2. The highest BCUT2D eigenvalue weighted by molar-refractivity contribution is 8.00. The van der Waals surface area contributed by atoms with Crippen molar-refractivity contribution in [3.8, 4) is 11.1 Å². The van der Waals surface area contributed by atoms with Gasteiger partial charge in [0.05, 0.1) is 4.75 Å². The number of ether oxygens (including phenoxy) is 2. The highest BCUT2D eigenvalue weighted by Crippen LogP contribution is 2.49. The SMILES string of the molecule is CCC[C@H](NC(=O)[C@@H]1C[C@@H]2CCCC[C@@H]2N1C(=O)[C@@H]1CCCN1C(=O)OCC1c2ccccc2-c2ccccc21)C(=O)N[C@@H](CSC(c1ccccc1)(c1ccccc1)c1ccccc1)C(=O)N[C@@H](CCC)C(=O)OC1CCC1. The standard InChI is InChI=1S/C65H75N5O8S/c1-3-22-53(66-61(73)58-40-43-24-14-19-37-56(43)70(58)62(74)57-38-21-39-69(57)64(76)77-41-52-50-35-17-15-33-48(50)49-34-16-18-36-51(49)52)59(71)68-55(60(72)67-54(23-4-2)63(75)78-47-31-20-32-47)42-79-65(44-25-8-5-9-26-44,45-27-10-6-11-28-45)46-29-12-7-13-30-46/h5-13,15-18,25-30,33-36,43,47,52-58H,3-4,14,19-24,31-32,37-42H2,1-2H3,(H,66,73)(H,67,72)(H,68,71)/t43-,53-,54-,55-,56-,57-,58-/m0/s1. The molecule has 0 spiro atoms. The third kappa shape index (κ3) is 11.9. The van der Waals surface area contributed by atoms with E-state index < -0.39 is 64.7 Å². The zero-order chi connectivity index (χ0) is 54.9. The maximum atomic E-state index is 15.1. The summed E-state index contributed by atoms with van der Waals surface area (Å²) in [4.78, 5) is 91.2. The van der Waals surface area contributed by atoms with E-state index in [0.29, 0.717) is 45.1 Å². The van der Waals surface area contributed by atoms with Gasteiger partial charge in [0.15, 0.2) is 0 Å². The number of rotatable bonds is 21. The molecule has 5 aliphatic rings. The smallest absolute Gasteiger partial charge is 0.410 e. The van der Waals surface area contributed by atoms with Crippen molar-refractivity contribution in [2.45, 2.75) is 157 Å². The lowest BCUT2D eigenvalue weighted by Crippen LogP contribution is -2.59. The molecule has 2 heterocycles. The van der Waals surface area contributed by atoms with Crippen LogP contribution < -0.4 is 16.0 Å². The van der Waals surface area contributed by atoms with E-state index in [1.54, 1.807) is 9.80 Å². The normalized spacial score (nSPS) is 20.8. The summed E-state index contributed by atoms with van der Waals surface area (Å²) in [6, 6.07) is 41.6. The molecule has 3 N–H and O–H groups in total. The van der Waals surface area contributed by atoms with Gasteiger partial charge >= 0.3 is 12.1 Å². The molecule has 0 radical (unpaired) electrons. The van der Waals surface area contributed by atoms with Crippen molar-refractivity contribution >= 4 is 47.5 Å². The van der Waals surface area contributed by atoms with Gasteiger partial charge in [-0.1, -0.05) is 179 Å². The molecule has 5 amide bonds. The Morgan fingerprint density at radius 3 is 1.72 bits per heavy atom. The molecule has 2 aliphatic heterocycles. The molecule has 0 aromatic heterocycles. The molecular weight excluding hydrogens is 1010 g/mol. The van der Waals surface area contributed by atoms with Crippen molar-refractivity contribution < 1.29 is 38.2 Å². The lowest BCUT2D eigenvalue weighted by Gasteiger charge is -2.37. The summed E-state index contributed by atoms with van der Waals surface area (Å²) in [7, 11) is 0. The number of carbonyl (C=O) groups excluding carboxylic acids is 6. The average molecular weight is 1090 g/mol. The van der Waals surface area contributed by atoms with E-state index in [2.05, 4.69) is 76.6 Å². The average Bonchev–Trinajstić information content (AvgIpc) is 4.39. The van der Waals surface area contributed by atoms with Gasteiger partial charge in [-0.3, -0.25) is 24.1 Å². The monoisotopic (exact) mass is 1090 g/mol. The Bertz CT molecular complexity index is 2800. The predicted octanol–water partition coefficient (Wildman–Crippen LogP) is 10.4. The molecule has 2 saturated carbocycles. The van der Waals surface area contributed by atoms with Crippen LogP contribution in [0.2, 0.25) is 0 Å². The Hall–Kier alpha value is -6.93. The largest absolute Gasteiger partial charge is 0.461 e. The van der Waals surface area contributed by atoms with Crippen LogP contribution in [-0.2, 0) is 38.2 Å². The number of nitrogens with one attached hydrogen (secondary N) is 3. The Labute approximate surface area is 469 Å². The lowest BCUT2D eigenvalue weighted by atomic mass is 9.84. The molecule has 14 heteroatoms. The summed E-state index contributed by atoms with van der Waals surface area (Å²) >= 11 is 1.51. The number of fused-ring (bicyclic) bond motifs is 4. The molecule has 5 aromatic carbocycles. The number of likely N-dealkylation sites (tertiary alicyclic amines) is 2. The van der Waals surface area contributed by atoms with Crippen LogP contribution in [0.4, 0.5) is 4.79 Å². The second kappa shape index (κ2) is 25.5. The molecule has 10 rings (SSSR count). The first-order chi connectivity index (χ1) is 38.6. The minimum atomic E-state index is -1.17. The number of thioether (sulfide) groups is 1. The Morgan fingerprint density at radius 2 is 1.14 bits per heavy atom. The van der Waals surface area contributed by atoms with Crippen molar-refractivity contribution in [2.75, 3.05) is 18.9 Å². The zero-order valence-corrected chi connectivity index (χ0v) is 46.4. The fraction of sp³-hybridized carbons (Fsp3) is 0.446. The van der Waals surface area contributed by atoms with Crippen LogP contribution in [0.15, 0.2) is 140 Å². The van der Waals surface area contributed by atoms with Crippen LogP contribution in [0.3, 0.4) is 0 Å². The fourth-order valence-corrected chi connectivity index (χ4v) is 14.5. The molecule has 414 valence electrons. The summed E-state index contributed by atoms with van der Waals surface area (Å²) < 4.78 is 11.1. The molecule has 2 saturated heterocycles. The topological polar surface area (TPSA) is 163 Å². The Morgan fingerprint density at radius 1 is 0.595 bits per heavy atom. The fourth-order valence-electron chi connectivity index (χ4n) is 12.9. The summed E-state index contributed by atoms with van der Waals surface area (Å²) in [6.45, 7) is 4.37. The number of carbonyl (C=O) groups is 6. The van der Waals surface area contributed by atoms with Crippen molar-refractivity contribution in [3.63, 3.8) is 0 Å². The third-order valence-corrected chi connectivity index (χ3v) is 18.8. The molecule has 79 heavy (non-hydrogen) atoms. The van der Waals surface area contributed by atoms with Gasteiger partial charge in [0.2, 0.25) is 23.6 Å². The van der Waals surface area contributed by atoms with E-state index in [1.165, 1.54) is 11.8 Å². The van der Waals surface area contributed by atoms with Crippen LogP contribution >= 0.6 is 11.8 Å². The highest BCUT2D eigenvalue weighted by Gasteiger charge is 2.51. The highest BCUT2D eigenvalue weighted by atomic mass is 32.2. The molecule has 0 bridgehead atoms. The van der Waals surface area contributed by atoms with Crippen LogP contribution in [-0.4, -0.2) is 107 Å². The van der Waals surface area contributed by atoms with Crippen LogP contribution in [0, 0.1) is 5.92 Å². The minimum absolute atomic E-state index is 0.0788. The van der Waals surface area contributed by atoms with Crippen molar-refractivity contribution in [1.82, 2.24) is 25.8 Å². The van der Waals surface area contributed by atoms with Gasteiger partial charge in [0.1, 0.15) is 42.9 Å². The molecule has 4 fully saturated rings. The first-order valence-electron chi connectivity index (χ1n) is 28.9. The van der Waals surface area contributed by atoms with Crippen molar-refractivity contribution in [3.05, 3.63) is 167 Å². The van der Waals surface area contributed by atoms with Gasteiger partial charge in [0, 0.05) is 24.3 Å². The maximum Gasteiger partial charge on any atom is 0.410 e. The summed E-state index contributed by atoms with van der Waals surface area (Å²) in [5.41, 5.74) is 7.38. The minimum Gasteiger partial charge on any atom is -0.461 e. The molecular formula is C65H75N5O8S. The molecule has 5 aromatic rings. The Balaban J connectivity index is 0.889. The van der Waals surface area contributed by atoms with Crippen molar-refractivity contribution in [2.24, 2.45) is 5.92 Å². The van der Waals surface area contributed by atoms with Crippen LogP contribution in [0.5, 0.6) is 0 Å². The summed E-state index contributed by atoms with van der Waals surface area (Å²) in [5.74, 6) is -2.24. The molecule has 7 atom stereocenters. The number of hydrogen-bond acceptors (Lipinski definition) is 9. The first-order valence-corrected chi connectivity index (χ1v) is 29.9. The van der Waals surface area contributed by atoms with Crippen LogP contribution in [0.25, 0.3) is 11.1 Å². The van der Waals surface area contributed by atoms with Crippen LogP contribution in [0.1, 0.15) is 137 Å². The summed E-state index contributed by atoms with van der Waals surface area (Å²) in [5, 5.41) is 9.17. The number of benzene rings is 5. The Kier molecular flexibility index (Phi) is 17.9. The van der Waals surface area contributed by atoms with E-state index in [-0.39, 0.29) is 48.7 Å².